The minimum atomic E-state index is -0.389. The van der Waals surface area contributed by atoms with E-state index in [1.54, 1.807) is 14.0 Å². The van der Waals surface area contributed by atoms with Gasteiger partial charge in [-0.3, -0.25) is 15.0 Å². The van der Waals surface area contributed by atoms with Crippen LogP contribution in [0.3, 0.4) is 0 Å². The topological polar surface area (TPSA) is 76.2 Å². The maximum atomic E-state index is 11.2. The average Bonchev–Trinajstić information content (AvgIpc) is 2.73. The number of nitro groups is 1. The van der Waals surface area contributed by atoms with Crippen molar-refractivity contribution in [3.63, 3.8) is 0 Å². The second-order valence-electron chi connectivity index (χ2n) is 5.89. The number of anilines is 1. The Morgan fingerprint density at radius 3 is 2.39 bits per heavy atom. The van der Waals surface area contributed by atoms with Crippen LogP contribution in [0.4, 0.5) is 11.5 Å². The molecule has 1 aromatic rings. The van der Waals surface area contributed by atoms with Crippen molar-refractivity contribution in [2.24, 2.45) is 13.0 Å². The third-order valence-corrected chi connectivity index (χ3v) is 3.82. The molecule has 1 aromatic heterocycles. The number of nitrogens with one attached hydrogen (secondary N) is 1. The van der Waals surface area contributed by atoms with E-state index < -0.39 is 0 Å². The lowest BCUT2D eigenvalue weighted by Crippen LogP contribution is -2.44. The molecule has 1 unspecified atom stereocenters. The van der Waals surface area contributed by atoms with E-state index in [1.165, 1.54) is 4.68 Å². The third-order valence-electron chi connectivity index (χ3n) is 3.82. The third kappa shape index (κ3) is 4.66. The predicted molar refractivity (Wildman–Crippen MR) is 93.7 cm³/mol. The van der Waals surface area contributed by atoms with Gasteiger partial charge in [-0.1, -0.05) is 26.0 Å². The molecule has 128 valence electrons. The summed E-state index contributed by atoms with van der Waals surface area (Å²) in [5.74, 6) is 0.811. The molecule has 0 aromatic carbocycles. The van der Waals surface area contributed by atoms with Crippen LogP contribution in [0.2, 0.25) is 0 Å². The van der Waals surface area contributed by atoms with Crippen molar-refractivity contribution in [3.05, 3.63) is 41.1 Å². The van der Waals surface area contributed by atoms with Gasteiger partial charge in [-0.15, -0.1) is 13.2 Å². The van der Waals surface area contributed by atoms with Gasteiger partial charge in [0.25, 0.3) is 0 Å². The number of rotatable bonds is 10. The zero-order valence-corrected chi connectivity index (χ0v) is 14.5. The van der Waals surface area contributed by atoms with E-state index in [-0.39, 0.29) is 16.7 Å². The quantitative estimate of drug-likeness (QED) is 0.407. The first-order valence-corrected chi connectivity index (χ1v) is 7.71. The van der Waals surface area contributed by atoms with Crippen molar-refractivity contribution in [2.45, 2.75) is 26.8 Å². The molecule has 0 bridgehead atoms. The van der Waals surface area contributed by atoms with Gasteiger partial charge in [0.2, 0.25) is 5.82 Å². The summed E-state index contributed by atoms with van der Waals surface area (Å²) >= 11 is 0. The van der Waals surface area contributed by atoms with E-state index in [0.29, 0.717) is 24.0 Å². The molecule has 1 atom stereocenters. The Labute approximate surface area is 137 Å². The van der Waals surface area contributed by atoms with Crippen molar-refractivity contribution >= 4 is 11.5 Å². The Balaban J connectivity index is 2.97. The van der Waals surface area contributed by atoms with Gasteiger partial charge in [0, 0.05) is 32.7 Å². The fourth-order valence-electron chi connectivity index (χ4n) is 2.73. The summed E-state index contributed by atoms with van der Waals surface area (Å²) in [4.78, 5) is 13.1. The molecular formula is C16H27N5O2. The molecule has 0 saturated carbocycles. The van der Waals surface area contributed by atoms with E-state index in [2.05, 4.69) is 42.3 Å². The standard InChI is InChI=1S/C16H27N5O2/c1-7-9-20(10-8-2)14(12(3)4)11-17-16-15(21(22)23)13(5)18-19(16)6/h7-8,12,14,17H,1-2,9-11H2,3-6H3. The summed E-state index contributed by atoms with van der Waals surface area (Å²) < 4.78 is 1.52. The summed E-state index contributed by atoms with van der Waals surface area (Å²) in [6.45, 7) is 15.6. The Kier molecular flexibility index (Phi) is 6.96. The number of nitrogens with zero attached hydrogens (tertiary/aromatic N) is 4. The molecule has 0 aliphatic heterocycles. The van der Waals surface area contributed by atoms with Gasteiger partial charge in [0.1, 0.15) is 5.69 Å². The number of aromatic nitrogens is 2. The molecule has 1 rings (SSSR count). The van der Waals surface area contributed by atoms with Gasteiger partial charge < -0.3 is 5.32 Å². The lowest BCUT2D eigenvalue weighted by molar-refractivity contribution is -0.384. The van der Waals surface area contributed by atoms with Gasteiger partial charge in [-0.2, -0.15) is 5.10 Å². The highest BCUT2D eigenvalue weighted by atomic mass is 16.6. The fraction of sp³-hybridized carbons (Fsp3) is 0.562. The monoisotopic (exact) mass is 321 g/mol. The second-order valence-corrected chi connectivity index (χ2v) is 5.89. The van der Waals surface area contributed by atoms with Crippen molar-refractivity contribution in [1.29, 1.82) is 0 Å². The molecule has 0 spiro atoms. The van der Waals surface area contributed by atoms with Crippen LogP contribution in [0.15, 0.2) is 25.3 Å². The van der Waals surface area contributed by atoms with Crippen molar-refractivity contribution in [2.75, 3.05) is 25.0 Å². The van der Waals surface area contributed by atoms with Crippen LogP contribution in [-0.2, 0) is 7.05 Å². The molecule has 1 N–H and O–H groups in total. The maximum absolute atomic E-state index is 11.2. The van der Waals surface area contributed by atoms with Crippen molar-refractivity contribution < 1.29 is 4.92 Å². The molecule has 23 heavy (non-hydrogen) atoms. The zero-order chi connectivity index (χ0) is 17.6. The minimum absolute atomic E-state index is 0.0361. The van der Waals surface area contributed by atoms with Crippen LogP contribution in [0, 0.1) is 23.0 Å². The first kappa shape index (κ1) is 18.9. The van der Waals surface area contributed by atoms with E-state index in [0.717, 1.165) is 13.1 Å². The summed E-state index contributed by atoms with van der Waals surface area (Å²) in [5.41, 5.74) is 0.448. The Morgan fingerprint density at radius 1 is 1.39 bits per heavy atom. The molecular weight excluding hydrogens is 294 g/mol. The summed E-state index contributed by atoms with van der Waals surface area (Å²) in [7, 11) is 1.71. The average molecular weight is 321 g/mol. The van der Waals surface area contributed by atoms with Gasteiger partial charge in [-0.25, -0.2) is 4.68 Å². The zero-order valence-electron chi connectivity index (χ0n) is 14.5. The summed E-state index contributed by atoms with van der Waals surface area (Å²) in [5, 5.41) is 18.6. The molecule has 0 aliphatic rings. The highest BCUT2D eigenvalue weighted by Gasteiger charge is 2.26. The normalized spacial score (nSPS) is 12.4. The molecule has 7 heteroatoms. The number of hydrogen-bond donors (Lipinski definition) is 1. The minimum Gasteiger partial charge on any atom is -0.363 e. The Hall–Kier alpha value is -2.15. The van der Waals surface area contributed by atoms with Crippen molar-refractivity contribution in [1.82, 2.24) is 14.7 Å². The number of hydrogen-bond acceptors (Lipinski definition) is 5. The lowest BCUT2D eigenvalue weighted by Gasteiger charge is -2.33. The van der Waals surface area contributed by atoms with E-state index in [9.17, 15) is 10.1 Å². The molecule has 0 saturated heterocycles. The first-order valence-electron chi connectivity index (χ1n) is 7.71. The molecule has 0 aliphatic carbocycles. The Bertz CT molecular complexity index is 555. The van der Waals surface area contributed by atoms with Crippen LogP contribution < -0.4 is 5.32 Å². The summed E-state index contributed by atoms with van der Waals surface area (Å²) in [6, 6.07) is 0.195. The molecule has 1 heterocycles. The van der Waals surface area contributed by atoms with Crippen LogP contribution in [-0.4, -0.2) is 45.3 Å². The van der Waals surface area contributed by atoms with Crippen LogP contribution in [0.1, 0.15) is 19.5 Å². The second kappa shape index (κ2) is 8.47. The SMILES string of the molecule is C=CCN(CC=C)C(CNc1c([N+](=O)[O-])c(C)nn1C)C(C)C. The Morgan fingerprint density at radius 2 is 1.96 bits per heavy atom. The van der Waals surface area contributed by atoms with Gasteiger partial charge in [0.15, 0.2) is 0 Å². The fourth-order valence-corrected chi connectivity index (χ4v) is 2.73. The largest absolute Gasteiger partial charge is 0.363 e. The van der Waals surface area contributed by atoms with E-state index >= 15 is 0 Å². The lowest BCUT2D eigenvalue weighted by atomic mass is 10.0. The van der Waals surface area contributed by atoms with Crippen LogP contribution >= 0.6 is 0 Å². The predicted octanol–water partition coefficient (Wildman–Crippen LogP) is 2.75. The highest BCUT2D eigenvalue weighted by Crippen LogP contribution is 2.27. The van der Waals surface area contributed by atoms with E-state index in [4.69, 9.17) is 0 Å². The van der Waals surface area contributed by atoms with E-state index in [1.807, 2.05) is 12.2 Å². The van der Waals surface area contributed by atoms with Crippen LogP contribution in [0.25, 0.3) is 0 Å². The first-order chi connectivity index (χ1) is 10.8. The van der Waals surface area contributed by atoms with Gasteiger partial charge in [-0.05, 0) is 12.8 Å². The maximum Gasteiger partial charge on any atom is 0.333 e. The van der Waals surface area contributed by atoms with Crippen LogP contribution in [0.5, 0.6) is 0 Å². The smallest absolute Gasteiger partial charge is 0.333 e. The highest BCUT2D eigenvalue weighted by molar-refractivity contribution is 5.59. The van der Waals surface area contributed by atoms with Gasteiger partial charge in [0.05, 0.1) is 4.92 Å². The number of aryl methyl sites for hydroxylation is 2. The van der Waals surface area contributed by atoms with Crippen molar-refractivity contribution in [3.8, 4) is 0 Å². The molecule has 0 amide bonds. The molecule has 0 radical (unpaired) electrons. The van der Waals surface area contributed by atoms with Gasteiger partial charge >= 0.3 is 5.69 Å². The molecule has 0 fully saturated rings. The summed E-state index contributed by atoms with van der Waals surface area (Å²) in [6.07, 6.45) is 3.71. The molecule has 7 nitrogen and oxygen atoms in total.